The second-order valence-electron chi connectivity index (χ2n) is 4.02. The van der Waals surface area contributed by atoms with Crippen LogP contribution in [-0.2, 0) is 4.79 Å². The Kier molecular flexibility index (Phi) is 4.45. The molecule has 0 radical (unpaired) electrons. The van der Waals surface area contributed by atoms with Gasteiger partial charge in [0.25, 0.3) is 0 Å². The molecule has 3 nitrogen and oxygen atoms in total. The van der Waals surface area contributed by atoms with Crippen LogP contribution in [0, 0.1) is 5.92 Å². The number of halogens is 2. The molecule has 0 aliphatic heterocycles. The minimum Gasteiger partial charge on any atom is -0.355 e. The molecule has 1 aliphatic carbocycles. The number of carbonyl (C=O) groups is 1. The fourth-order valence-electron chi connectivity index (χ4n) is 1.76. The van der Waals surface area contributed by atoms with Gasteiger partial charge in [0.05, 0.1) is 0 Å². The normalized spacial score (nSPS) is 21.3. The number of rotatable bonds is 4. The van der Waals surface area contributed by atoms with Gasteiger partial charge in [0.2, 0.25) is 11.8 Å². The highest BCUT2D eigenvalue weighted by Crippen LogP contribution is 2.35. The van der Waals surface area contributed by atoms with Crippen LogP contribution in [0.4, 0.5) is 8.78 Å². The van der Waals surface area contributed by atoms with Gasteiger partial charge >= 0.3 is 0 Å². The molecule has 1 fully saturated rings. The molecule has 88 valence electrons. The fraction of sp³-hybridized carbons (Fsp3) is 0.900. The molecule has 0 heterocycles. The monoisotopic (exact) mass is 220 g/mol. The molecule has 1 aliphatic rings. The van der Waals surface area contributed by atoms with Crippen LogP contribution in [0.25, 0.3) is 0 Å². The highest BCUT2D eigenvalue weighted by Gasteiger charge is 2.37. The van der Waals surface area contributed by atoms with Crippen molar-refractivity contribution in [1.29, 1.82) is 0 Å². The zero-order valence-electron chi connectivity index (χ0n) is 8.98. The topological polar surface area (TPSA) is 41.1 Å². The number of carbonyl (C=O) groups excluding carboxylic acids is 1. The number of hydrogen-bond acceptors (Lipinski definition) is 2. The van der Waals surface area contributed by atoms with Gasteiger partial charge in [0.1, 0.15) is 0 Å². The van der Waals surface area contributed by atoms with Crippen molar-refractivity contribution in [1.82, 2.24) is 10.6 Å². The molecule has 0 aromatic carbocycles. The summed E-state index contributed by atoms with van der Waals surface area (Å²) in [5, 5.41) is 5.64. The largest absolute Gasteiger partial charge is 0.355 e. The first-order chi connectivity index (χ1) is 7.05. The van der Waals surface area contributed by atoms with Gasteiger partial charge in [-0.3, -0.25) is 4.79 Å². The second-order valence-corrected chi connectivity index (χ2v) is 4.02. The molecule has 1 amide bonds. The van der Waals surface area contributed by atoms with Crippen LogP contribution in [0.15, 0.2) is 0 Å². The molecular formula is C10H18F2N2O. The Morgan fingerprint density at radius 3 is 2.47 bits per heavy atom. The molecule has 15 heavy (non-hydrogen) atoms. The maximum atomic E-state index is 12.8. The van der Waals surface area contributed by atoms with Crippen molar-refractivity contribution in [3.8, 4) is 0 Å². The van der Waals surface area contributed by atoms with Crippen LogP contribution >= 0.6 is 0 Å². The van der Waals surface area contributed by atoms with E-state index >= 15 is 0 Å². The molecule has 0 atom stereocenters. The molecule has 5 heteroatoms. The molecule has 0 saturated heterocycles. The smallest absolute Gasteiger partial charge is 0.248 e. The van der Waals surface area contributed by atoms with Gasteiger partial charge in [-0.05, 0) is 19.9 Å². The maximum absolute atomic E-state index is 12.8. The molecule has 1 saturated carbocycles. The van der Waals surface area contributed by atoms with Gasteiger partial charge in [-0.1, -0.05) is 0 Å². The zero-order valence-corrected chi connectivity index (χ0v) is 8.98. The van der Waals surface area contributed by atoms with Crippen LogP contribution in [0.3, 0.4) is 0 Å². The van der Waals surface area contributed by atoms with E-state index in [0.29, 0.717) is 25.9 Å². The van der Waals surface area contributed by atoms with E-state index in [-0.39, 0.29) is 24.7 Å². The lowest BCUT2D eigenvalue weighted by molar-refractivity contribution is -0.129. The number of amides is 1. The fourth-order valence-corrected chi connectivity index (χ4v) is 1.76. The molecule has 1 rings (SSSR count). The minimum absolute atomic E-state index is 0.0826. The van der Waals surface area contributed by atoms with E-state index in [1.165, 1.54) is 0 Å². The van der Waals surface area contributed by atoms with Crippen LogP contribution in [-0.4, -0.2) is 32.0 Å². The van der Waals surface area contributed by atoms with E-state index < -0.39 is 5.92 Å². The average Bonchev–Trinajstić information content (AvgIpc) is 2.18. The lowest BCUT2D eigenvalue weighted by Gasteiger charge is -2.27. The van der Waals surface area contributed by atoms with E-state index in [4.69, 9.17) is 0 Å². The van der Waals surface area contributed by atoms with Gasteiger partial charge in [-0.15, -0.1) is 0 Å². The summed E-state index contributed by atoms with van der Waals surface area (Å²) in [6.07, 6.45) is 0.297. The van der Waals surface area contributed by atoms with E-state index in [0.717, 1.165) is 0 Å². The van der Waals surface area contributed by atoms with Crippen molar-refractivity contribution in [2.24, 2.45) is 5.92 Å². The number of hydrogen-bond donors (Lipinski definition) is 2. The Morgan fingerprint density at radius 2 is 1.93 bits per heavy atom. The first-order valence-corrected chi connectivity index (χ1v) is 5.35. The molecule has 0 aromatic heterocycles. The van der Waals surface area contributed by atoms with Crippen LogP contribution in [0.5, 0.6) is 0 Å². The standard InChI is InChI=1S/C10H18F2N2O/c1-13-6-7-14-9(15)8-2-4-10(11,12)5-3-8/h8,13H,2-7H2,1H3,(H,14,15). The summed E-state index contributed by atoms with van der Waals surface area (Å²) in [5.41, 5.74) is 0. The first-order valence-electron chi connectivity index (χ1n) is 5.35. The molecule has 2 N–H and O–H groups in total. The summed E-state index contributed by atoms with van der Waals surface area (Å²) in [6.45, 7) is 1.26. The quantitative estimate of drug-likeness (QED) is 0.698. The SMILES string of the molecule is CNCCNC(=O)C1CCC(F)(F)CC1. The third-order valence-corrected chi connectivity index (χ3v) is 2.76. The van der Waals surface area contributed by atoms with Gasteiger partial charge in [0.15, 0.2) is 0 Å². The Morgan fingerprint density at radius 1 is 1.33 bits per heavy atom. The van der Waals surface area contributed by atoms with Crippen LogP contribution < -0.4 is 10.6 Å². The summed E-state index contributed by atoms with van der Waals surface area (Å²) in [7, 11) is 1.80. The summed E-state index contributed by atoms with van der Waals surface area (Å²) in [5.74, 6) is -2.86. The molecule has 0 unspecified atom stereocenters. The van der Waals surface area contributed by atoms with E-state index in [1.54, 1.807) is 7.05 Å². The number of alkyl halides is 2. The van der Waals surface area contributed by atoms with Crippen molar-refractivity contribution in [3.63, 3.8) is 0 Å². The van der Waals surface area contributed by atoms with E-state index in [1.807, 2.05) is 0 Å². The summed E-state index contributed by atoms with van der Waals surface area (Å²) >= 11 is 0. The molecule has 0 aromatic rings. The Bertz CT molecular complexity index is 211. The van der Waals surface area contributed by atoms with Gasteiger partial charge in [-0.25, -0.2) is 8.78 Å². The predicted molar refractivity (Wildman–Crippen MR) is 53.8 cm³/mol. The van der Waals surface area contributed by atoms with Crippen molar-refractivity contribution in [2.45, 2.75) is 31.6 Å². The Hall–Kier alpha value is -0.710. The molecule has 0 bridgehead atoms. The van der Waals surface area contributed by atoms with Crippen LogP contribution in [0.1, 0.15) is 25.7 Å². The van der Waals surface area contributed by atoms with Crippen molar-refractivity contribution in [2.75, 3.05) is 20.1 Å². The third kappa shape index (κ3) is 4.11. The first kappa shape index (κ1) is 12.4. The lowest BCUT2D eigenvalue weighted by atomic mass is 9.86. The highest BCUT2D eigenvalue weighted by molar-refractivity contribution is 5.78. The van der Waals surface area contributed by atoms with Crippen molar-refractivity contribution in [3.05, 3.63) is 0 Å². The van der Waals surface area contributed by atoms with E-state index in [9.17, 15) is 13.6 Å². The van der Waals surface area contributed by atoms with Crippen molar-refractivity contribution < 1.29 is 13.6 Å². The lowest BCUT2D eigenvalue weighted by Crippen LogP contribution is -2.38. The maximum Gasteiger partial charge on any atom is 0.248 e. The molecular weight excluding hydrogens is 202 g/mol. The predicted octanol–water partition coefficient (Wildman–Crippen LogP) is 1.15. The number of likely N-dealkylation sites (N-methyl/N-ethyl adjacent to an activating group) is 1. The third-order valence-electron chi connectivity index (χ3n) is 2.76. The molecule has 0 spiro atoms. The van der Waals surface area contributed by atoms with Crippen LogP contribution in [0.2, 0.25) is 0 Å². The summed E-state index contributed by atoms with van der Waals surface area (Å²) < 4.78 is 25.6. The van der Waals surface area contributed by atoms with Crippen molar-refractivity contribution >= 4 is 5.91 Å². The van der Waals surface area contributed by atoms with Gasteiger partial charge in [-0.2, -0.15) is 0 Å². The zero-order chi connectivity index (χ0) is 11.3. The Balaban J connectivity index is 2.24. The Labute approximate surface area is 88.6 Å². The average molecular weight is 220 g/mol. The minimum atomic E-state index is -2.55. The summed E-state index contributed by atoms with van der Waals surface area (Å²) in [6, 6.07) is 0. The van der Waals surface area contributed by atoms with Gasteiger partial charge in [0, 0.05) is 31.8 Å². The summed E-state index contributed by atoms with van der Waals surface area (Å²) in [4.78, 5) is 11.5. The van der Waals surface area contributed by atoms with Gasteiger partial charge < -0.3 is 10.6 Å². The highest BCUT2D eigenvalue weighted by atomic mass is 19.3. The second kappa shape index (κ2) is 5.39. The number of nitrogens with one attached hydrogen (secondary N) is 2. The van der Waals surface area contributed by atoms with E-state index in [2.05, 4.69) is 10.6 Å².